The van der Waals surface area contributed by atoms with Crippen LogP contribution in [0.1, 0.15) is 43.5 Å². The second-order valence-corrected chi connectivity index (χ2v) is 7.51. The molecule has 1 aromatic carbocycles. The number of anilines is 1. The van der Waals surface area contributed by atoms with Gasteiger partial charge in [0.2, 0.25) is 0 Å². The van der Waals surface area contributed by atoms with Crippen LogP contribution in [0, 0.1) is 0 Å². The van der Waals surface area contributed by atoms with Gasteiger partial charge in [-0.3, -0.25) is 0 Å². The van der Waals surface area contributed by atoms with Gasteiger partial charge in [0.05, 0.1) is 0 Å². The Morgan fingerprint density at radius 2 is 2.17 bits per heavy atom. The van der Waals surface area contributed by atoms with Crippen LogP contribution in [-0.4, -0.2) is 61.5 Å². The molecule has 2 rings (SSSR count). The van der Waals surface area contributed by atoms with Gasteiger partial charge in [-0.15, -0.1) is 0 Å². The third kappa shape index (κ3) is 6.60. The van der Waals surface area contributed by atoms with E-state index in [4.69, 9.17) is 14.2 Å². The molecule has 0 radical (unpaired) electrons. The average Bonchev–Trinajstić information content (AvgIpc) is 3.20. The molecular weight excluding hydrogens is 417 g/mol. The molecule has 1 saturated heterocycles. The number of aliphatic hydroxyl groups is 1. The van der Waals surface area contributed by atoms with E-state index in [1.165, 1.54) is 7.11 Å². The van der Waals surface area contributed by atoms with Gasteiger partial charge in [-0.05, 0) is 0 Å². The van der Waals surface area contributed by atoms with Gasteiger partial charge in [-0.1, -0.05) is 0 Å². The third-order valence-electron chi connectivity index (χ3n) is 4.59. The third-order valence-corrected chi connectivity index (χ3v) is 4.88. The van der Waals surface area contributed by atoms with Gasteiger partial charge in [0.1, 0.15) is 0 Å². The minimum atomic E-state index is -1.47. The van der Waals surface area contributed by atoms with E-state index in [0.29, 0.717) is 48.9 Å². The molecule has 0 bridgehead atoms. The van der Waals surface area contributed by atoms with Gasteiger partial charge in [0.25, 0.3) is 0 Å². The predicted octanol–water partition coefficient (Wildman–Crippen LogP) is 2.42. The zero-order valence-corrected chi connectivity index (χ0v) is 18.5. The van der Waals surface area contributed by atoms with E-state index in [2.05, 4.69) is 9.33 Å². The molecule has 10 heteroatoms. The second-order valence-electron chi connectivity index (χ2n) is 6.94. The maximum atomic E-state index is 13.1. The van der Waals surface area contributed by atoms with E-state index in [1.807, 2.05) is 13.8 Å². The Morgan fingerprint density at radius 3 is 2.83 bits per heavy atom. The first-order valence-electron chi connectivity index (χ1n) is 9.68. The number of amides is 1. The average molecular weight is 446 g/mol. The number of ether oxygens (including phenoxy) is 3. The molecule has 0 spiro atoms. The monoisotopic (exact) mass is 446 g/mol. The number of aliphatic hydroxyl groups excluding tert-OH is 1. The van der Waals surface area contributed by atoms with Crippen molar-refractivity contribution < 1.29 is 43.8 Å². The van der Waals surface area contributed by atoms with Gasteiger partial charge in [-0.2, -0.15) is 0 Å². The zero-order chi connectivity index (χ0) is 21.2. The molecule has 1 aliphatic rings. The van der Waals surface area contributed by atoms with Crippen LogP contribution in [0.4, 0.5) is 5.69 Å². The summed E-state index contributed by atoms with van der Waals surface area (Å²) in [6.07, 6.45) is 2.46. The first kappa shape index (κ1) is 23.5. The van der Waals surface area contributed by atoms with Crippen LogP contribution in [0.5, 0.6) is 11.5 Å². The standard InChI is InChI=1S/C19H29N3O5.O.V/c1-13(2)26-8-5-9-27-18-11-16(21-20)15(10-17(18)25-3)19(24)22-7-4-6-14(22)12-23;;/h10-11,13-14,21,23H,4-9,12H2,1-3H3;;/t14-;;/m0../s1. The van der Waals surface area contributed by atoms with Gasteiger partial charge in [0.15, 0.2) is 0 Å². The minimum absolute atomic E-state index is 0.0825. The first-order valence-corrected chi connectivity index (χ1v) is 10.9. The molecule has 1 atom stereocenters. The summed E-state index contributed by atoms with van der Waals surface area (Å²) in [6, 6.07) is 3.01. The van der Waals surface area contributed by atoms with Crippen molar-refractivity contribution in [2.45, 2.75) is 45.3 Å². The number of nitrogens with one attached hydrogen (secondary N) is 1. The summed E-state index contributed by atoms with van der Waals surface area (Å²) in [5, 5.41) is 9.54. The van der Waals surface area contributed by atoms with Crippen molar-refractivity contribution in [1.29, 1.82) is 0 Å². The summed E-state index contributed by atoms with van der Waals surface area (Å²) < 4.78 is 31.4. The first-order chi connectivity index (χ1) is 14.0. The van der Waals surface area contributed by atoms with Crippen molar-refractivity contribution in [3.8, 4) is 11.5 Å². The number of nitrogens with zero attached hydrogens (tertiary/aromatic N) is 2. The number of benzene rings is 1. The number of hydrogen-bond donors (Lipinski definition) is 2. The topological polar surface area (TPSA) is 110 Å². The summed E-state index contributed by atoms with van der Waals surface area (Å²) in [4.78, 5) is 14.7. The van der Waals surface area contributed by atoms with E-state index < -0.39 is 16.0 Å². The SMILES string of the molecule is COc1cc(C(=O)N2CCC[C@H]2CO)c(N[N]=[V]=[O])cc1OCCCOC(C)C. The van der Waals surface area contributed by atoms with E-state index in [1.54, 1.807) is 17.0 Å². The summed E-state index contributed by atoms with van der Waals surface area (Å²) in [5.74, 6) is 0.629. The van der Waals surface area contributed by atoms with Crippen LogP contribution in [0.15, 0.2) is 16.0 Å². The van der Waals surface area contributed by atoms with Crippen LogP contribution >= 0.6 is 0 Å². The number of hydrogen-bond acceptors (Lipinski definition) is 8. The van der Waals surface area contributed by atoms with Gasteiger partial charge in [0, 0.05) is 0 Å². The Bertz CT molecular complexity index is 739. The molecule has 1 amide bonds. The molecule has 0 unspecified atom stereocenters. The molecule has 161 valence electrons. The Kier molecular flexibility index (Phi) is 9.73. The zero-order valence-electron chi connectivity index (χ0n) is 17.1. The molecule has 0 saturated carbocycles. The van der Waals surface area contributed by atoms with Crippen molar-refractivity contribution in [3.63, 3.8) is 0 Å². The number of carbonyl (C=O) groups excluding carboxylic acids is 1. The number of rotatable bonds is 11. The van der Waals surface area contributed by atoms with Crippen LogP contribution in [0.25, 0.3) is 0 Å². The van der Waals surface area contributed by atoms with E-state index in [9.17, 15) is 13.6 Å². The van der Waals surface area contributed by atoms with Gasteiger partial charge >= 0.3 is 178 Å². The number of likely N-dealkylation sites (tertiary alicyclic amines) is 1. The van der Waals surface area contributed by atoms with E-state index >= 15 is 0 Å². The molecule has 9 nitrogen and oxygen atoms in total. The molecule has 0 aromatic heterocycles. The quantitative estimate of drug-likeness (QED) is 0.397. The normalized spacial score (nSPS) is 15.9. The summed E-state index contributed by atoms with van der Waals surface area (Å²) >= 11 is -1.47. The van der Waals surface area contributed by atoms with Crippen LogP contribution in [-0.2, 0) is 24.5 Å². The van der Waals surface area contributed by atoms with Crippen molar-refractivity contribution >= 4 is 11.6 Å². The molecule has 1 aromatic rings. The van der Waals surface area contributed by atoms with Gasteiger partial charge < -0.3 is 0 Å². The van der Waals surface area contributed by atoms with Crippen LogP contribution < -0.4 is 14.9 Å². The molecule has 1 aliphatic heterocycles. The molecule has 1 fully saturated rings. The van der Waals surface area contributed by atoms with Crippen molar-refractivity contribution in [1.82, 2.24) is 4.90 Å². The summed E-state index contributed by atoms with van der Waals surface area (Å²) in [5.41, 5.74) is 3.41. The fraction of sp³-hybridized carbons (Fsp3) is 0.632. The van der Waals surface area contributed by atoms with Crippen molar-refractivity contribution in [2.24, 2.45) is 3.90 Å². The summed E-state index contributed by atoms with van der Waals surface area (Å²) in [6.45, 7) is 5.43. The fourth-order valence-corrected chi connectivity index (χ4v) is 3.42. The van der Waals surface area contributed by atoms with Crippen molar-refractivity contribution in [2.75, 3.05) is 38.9 Å². The molecular formula is C19H29N3O6V. The van der Waals surface area contributed by atoms with Crippen LogP contribution in [0.2, 0.25) is 0 Å². The Morgan fingerprint density at radius 1 is 1.38 bits per heavy atom. The molecule has 1 heterocycles. The van der Waals surface area contributed by atoms with Gasteiger partial charge in [-0.25, -0.2) is 0 Å². The molecule has 2 N–H and O–H groups in total. The molecule has 0 aliphatic carbocycles. The molecule has 29 heavy (non-hydrogen) atoms. The predicted molar refractivity (Wildman–Crippen MR) is 102 cm³/mol. The summed E-state index contributed by atoms with van der Waals surface area (Å²) in [7, 11) is 1.50. The Hall–Kier alpha value is -1.81. The van der Waals surface area contributed by atoms with E-state index in [0.717, 1.165) is 12.8 Å². The maximum absolute atomic E-state index is 13.1. The van der Waals surface area contributed by atoms with E-state index in [-0.39, 0.29) is 24.7 Å². The second kappa shape index (κ2) is 12.0. The Labute approximate surface area is 177 Å². The number of methoxy groups -OCH3 is 1. The van der Waals surface area contributed by atoms with Crippen molar-refractivity contribution in [3.05, 3.63) is 17.7 Å². The van der Waals surface area contributed by atoms with Crippen LogP contribution in [0.3, 0.4) is 0 Å². The number of carbonyl (C=O) groups is 1. The Balaban J connectivity index is 2.24. The fourth-order valence-electron chi connectivity index (χ4n) is 3.18.